The first-order valence-electron chi connectivity index (χ1n) is 14.0. The molecule has 0 spiro atoms. The van der Waals surface area contributed by atoms with Gasteiger partial charge < -0.3 is 0 Å². The van der Waals surface area contributed by atoms with Crippen molar-refractivity contribution in [3.8, 4) is 22.5 Å². The van der Waals surface area contributed by atoms with Crippen LogP contribution in [0.25, 0.3) is 33.8 Å². The van der Waals surface area contributed by atoms with Crippen molar-refractivity contribution in [3.63, 3.8) is 0 Å². The Labute approximate surface area is 262 Å². The lowest BCUT2D eigenvalue weighted by atomic mass is 10.1. The normalized spacial score (nSPS) is 11.5. The summed E-state index contributed by atoms with van der Waals surface area (Å²) < 4.78 is 4.04. The van der Waals surface area contributed by atoms with Crippen LogP contribution in [0.4, 0.5) is 11.6 Å². The molecule has 6 nitrogen and oxygen atoms in total. The van der Waals surface area contributed by atoms with Gasteiger partial charge in [0.15, 0.2) is 11.6 Å². The van der Waals surface area contributed by atoms with Crippen molar-refractivity contribution in [2.75, 3.05) is 0 Å². The molecule has 0 fully saturated rings. The van der Waals surface area contributed by atoms with Crippen LogP contribution in [0.5, 0.6) is 0 Å². The van der Waals surface area contributed by atoms with Crippen LogP contribution in [-0.2, 0) is 0 Å². The number of pyridine rings is 2. The Balaban J connectivity index is 0.000000142. The summed E-state index contributed by atoms with van der Waals surface area (Å²) in [5.74, 6) is 1.71. The Morgan fingerprint density at radius 2 is 0.909 bits per heavy atom. The van der Waals surface area contributed by atoms with Crippen LogP contribution in [0.2, 0.25) is 0 Å². The van der Waals surface area contributed by atoms with Gasteiger partial charge in [-0.1, -0.05) is 84.9 Å². The van der Waals surface area contributed by atoms with Crippen molar-refractivity contribution < 1.29 is 0 Å². The molecule has 0 atom stereocenters. The largest absolute Gasteiger partial charge is 0.284 e. The monoisotopic (exact) mass is 606 g/mol. The van der Waals surface area contributed by atoms with Gasteiger partial charge in [-0.2, -0.15) is 0 Å². The van der Waals surface area contributed by atoms with E-state index < -0.39 is 0 Å². The number of nitrogens with zero attached hydrogens (tertiary/aromatic N) is 6. The van der Waals surface area contributed by atoms with Crippen molar-refractivity contribution in [2.45, 2.75) is 0 Å². The lowest BCUT2D eigenvalue weighted by Gasteiger charge is -1.99. The maximum atomic E-state index is 4.74. The first-order valence-corrected chi connectivity index (χ1v) is 15.8. The third kappa shape index (κ3) is 5.89. The highest BCUT2D eigenvalue weighted by Gasteiger charge is 2.13. The minimum atomic E-state index is 0.857. The van der Waals surface area contributed by atoms with E-state index in [2.05, 4.69) is 36.4 Å². The maximum absolute atomic E-state index is 4.74. The fourth-order valence-corrected chi connectivity index (χ4v) is 5.94. The molecule has 44 heavy (non-hydrogen) atoms. The van der Waals surface area contributed by atoms with Crippen molar-refractivity contribution in [1.82, 2.24) is 18.8 Å². The number of aromatic nitrogens is 4. The summed E-state index contributed by atoms with van der Waals surface area (Å²) in [6.45, 7) is 0. The van der Waals surface area contributed by atoms with Gasteiger partial charge in [-0.15, -0.1) is 22.7 Å². The molecule has 2 aromatic carbocycles. The summed E-state index contributed by atoms with van der Waals surface area (Å²) >= 11 is 3.35. The van der Waals surface area contributed by atoms with Gasteiger partial charge in [-0.3, -0.25) is 8.80 Å². The number of imidazole rings is 2. The molecule has 8 aromatic rings. The molecule has 0 bridgehead atoms. The van der Waals surface area contributed by atoms with Crippen LogP contribution in [0, 0.1) is 0 Å². The Kier molecular flexibility index (Phi) is 7.99. The topological polar surface area (TPSA) is 59.3 Å². The van der Waals surface area contributed by atoms with Gasteiger partial charge in [0.2, 0.25) is 0 Å². The summed E-state index contributed by atoms with van der Waals surface area (Å²) in [5.41, 5.74) is 5.76. The molecule has 8 heteroatoms. The zero-order valence-corrected chi connectivity index (χ0v) is 25.1. The predicted molar refractivity (Wildman–Crippen MR) is 184 cm³/mol. The zero-order valence-electron chi connectivity index (χ0n) is 23.5. The average Bonchev–Trinajstić information content (AvgIpc) is 3.91. The lowest BCUT2D eigenvalue weighted by Crippen LogP contribution is -1.83. The number of hydrogen-bond donors (Lipinski definition) is 0. The summed E-state index contributed by atoms with van der Waals surface area (Å²) in [7, 11) is 0. The van der Waals surface area contributed by atoms with Crippen LogP contribution < -0.4 is 0 Å². The van der Waals surface area contributed by atoms with E-state index in [4.69, 9.17) is 20.0 Å². The number of aliphatic imine (C=N–C) groups is 2. The van der Waals surface area contributed by atoms with E-state index in [1.165, 1.54) is 0 Å². The molecule has 0 aliphatic rings. The molecule has 0 saturated carbocycles. The highest BCUT2D eigenvalue weighted by Crippen LogP contribution is 2.32. The molecule has 0 aliphatic carbocycles. The van der Waals surface area contributed by atoms with E-state index in [9.17, 15) is 0 Å². The molecule has 6 heterocycles. The second-order valence-electron chi connectivity index (χ2n) is 9.71. The fourth-order valence-electron chi connectivity index (χ4n) is 4.77. The average molecular weight is 607 g/mol. The maximum Gasteiger partial charge on any atom is 0.165 e. The van der Waals surface area contributed by atoms with E-state index in [1.807, 2.05) is 129 Å². The number of fused-ring (bicyclic) bond motifs is 2. The summed E-state index contributed by atoms with van der Waals surface area (Å²) in [6, 6.07) is 40.5. The van der Waals surface area contributed by atoms with E-state index in [0.717, 1.165) is 55.2 Å². The van der Waals surface area contributed by atoms with E-state index in [0.29, 0.717) is 0 Å². The van der Waals surface area contributed by atoms with Crippen molar-refractivity contribution >= 4 is 58.0 Å². The summed E-state index contributed by atoms with van der Waals surface area (Å²) in [6.07, 6.45) is 7.78. The molecule has 8 rings (SSSR count). The van der Waals surface area contributed by atoms with E-state index in [1.54, 1.807) is 22.7 Å². The number of thiophene rings is 2. The van der Waals surface area contributed by atoms with Crippen LogP contribution in [-0.4, -0.2) is 31.2 Å². The van der Waals surface area contributed by atoms with Crippen LogP contribution in [0.15, 0.2) is 154 Å². The van der Waals surface area contributed by atoms with E-state index >= 15 is 0 Å². The third-order valence-electron chi connectivity index (χ3n) is 6.82. The predicted octanol–water partition coefficient (Wildman–Crippen LogP) is 9.63. The van der Waals surface area contributed by atoms with Gasteiger partial charge in [-0.25, -0.2) is 20.0 Å². The Morgan fingerprint density at radius 1 is 0.477 bits per heavy atom. The smallest absolute Gasteiger partial charge is 0.165 e. The van der Waals surface area contributed by atoms with Gasteiger partial charge in [0.1, 0.15) is 22.7 Å². The van der Waals surface area contributed by atoms with Crippen LogP contribution >= 0.6 is 22.7 Å². The van der Waals surface area contributed by atoms with Gasteiger partial charge in [0.05, 0.1) is 0 Å². The molecule has 0 amide bonds. The molecule has 0 unspecified atom stereocenters. The minimum absolute atomic E-state index is 0.857. The summed E-state index contributed by atoms with van der Waals surface area (Å²) in [5, 5.41) is 4.10. The molecule has 212 valence electrons. The van der Waals surface area contributed by atoms with Gasteiger partial charge in [0.25, 0.3) is 0 Å². The molecule has 0 radical (unpaired) electrons. The second kappa shape index (κ2) is 12.8. The molecular weight excluding hydrogens is 581 g/mol. The van der Waals surface area contributed by atoms with E-state index in [-0.39, 0.29) is 0 Å². The number of rotatable bonds is 6. The molecule has 0 aliphatic heterocycles. The molecule has 6 aromatic heterocycles. The van der Waals surface area contributed by atoms with Crippen LogP contribution in [0.1, 0.15) is 9.75 Å². The first-order chi connectivity index (χ1) is 21.8. The fraction of sp³-hybridized carbons (Fsp3) is 0. The zero-order chi connectivity index (χ0) is 29.6. The third-order valence-corrected chi connectivity index (χ3v) is 8.43. The molecular formula is C36H26N6S2. The van der Waals surface area contributed by atoms with Gasteiger partial charge >= 0.3 is 0 Å². The highest BCUT2D eigenvalue weighted by molar-refractivity contribution is 7.12. The van der Waals surface area contributed by atoms with Crippen LogP contribution in [0.3, 0.4) is 0 Å². The first kappa shape index (κ1) is 27.4. The number of benzene rings is 2. The standard InChI is InChI=1S/2C18H13N3S/c2*1-2-7-14(8-3-1)17-18(19-13-15-9-6-12-22-15)21-11-5-4-10-16(21)20-17/h2*1-13H/b2*19-13+. The quantitative estimate of drug-likeness (QED) is 0.177. The minimum Gasteiger partial charge on any atom is -0.284 e. The summed E-state index contributed by atoms with van der Waals surface area (Å²) in [4.78, 5) is 21.1. The Bertz CT molecular complexity index is 2000. The molecule has 0 N–H and O–H groups in total. The number of hydrogen-bond acceptors (Lipinski definition) is 6. The Morgan fingerprint density at radius 3 is 1.32 bits per heavy atom. The van der Waals surface area contributed by atoms with Gasteiger partial charge in [0, 0.05) is 45.7 Å². The molecule has 0 saturated heterocycles. The van der Waals surface area contributed by atoms with Crippen molar-refractivity contribution in [2.24, 2.45) is 9.98 Å². The Hall–Kier alpha value is -5.44. The van der Waals surface area contributed by atoms with Crippen molar-refractivity contribution in [1.29, 1.82) is 0 Å². The lowest BCUT2D eigenvalue weighted by molar-refractivity contribution is 1.17. The SMILES string of the molecule is C(=N\c1c(-c2ccccc2)nc2ccccn12)/c1cccs1.C(=N\c1c(-c2ccccc2)nc2ccccn12)/c1cccs1. The van der Waals surface area contributed by atoms with Gasteiger partial charge in [-0.05, 0) is 47.2 Å². The highest BCUT2D eigenvalue weighted by atomic mass is 32.1. The second-order valence-corrected chi connectivity index (χ2v) is 11.7. The van der Waals surface area contributed by atoms with Crippen molar-refractivity contribution in [3.05, 3.63) is 154 Å².